The summed E-state index contributed by atoms with van der Waals surface area (Å²) in [6.07, 6.45) is 1.96. The van der Waals surface area contributed by atoms with Crippen LogP contribution in [0.4, 0.5) is 0 Å². The maximum atomic E-state index is 12.9. The summed E-state index contributed by atoms with van der Waals surface area (Å²) < 4.78 is 0. The Morgan fingerprint density at radius 1 is 1.23 bits per heavy atom. The van der Waals surface area contributed by atoms with Crippen LogP contribution in [0.1, 0.15) is 39.4 Å². The van der Waals surface area contributed by atoms with Crippen molar-refractivity contribution in [2.45, 2.75) is 19.4 Å². The second kappa shape index (κ2) is 9.26. The predicted molar refractivity (Wildman–Crippen MR) is 121 cm³/mol. The molecule has 1 aliphatic heterocycles. The van der Waals surface area contributed by atoms with E-state index < -0.39 is 0 Å². The van der Waals surface area contributed by atoms with E-state index in [0.717, 1.165) is 23.9 Å². The molecule has 2 amide bonds. The van der Waals surface area contributed by atoms with E-state index in [1.54, 1.807) is 29.2 Å². The lowest BCUT2D eigenvalue weighted by Gasteiger charge is -2.32. The van der Waals surface area contributed by atoms with E-state index in [9.17, 15) is 9.59 Å². The lowest BCUT2D eigenvalue weighted by Crippen LogP contribution is -2.42. The van der Waals surface area contributed by atoms with Gasteiger partial charge in [-0.2, -0.15) is 0 Å². The highest BCUT2D eigenvalue weighted by atomic mass is 35.5. The number of hydrogen-bond donors (Lipinski definition) is 3. The van der Waals surface area contributed by atoms with Crippen molar-refractivity contribution in [1.82, 2.24) is 20.2 Å². The van der Waals surface area contributed by atoms with Gasteiger partial charge in [-0.25, -0.2) is 4.98 Å². The third-order valence-corrected chi connectivity index (χ3v) is 6.06. The van der Waals surface area contributed by atoms with E-state index in [1.807, 2.05) is 6.07 Å². The summed E-state index contributed by atoms with van der Waals surface area (Å²) >= 11 is 12.3. The zero-order chi connectivity index (χ0) is 22.0. The molecular weight excluding hydrogens is 437 g/mol. The van der Waals surface area contributed by atoms with E-state index in [0.29, 0.717) is 47.5 Å². The van der Waals surface area contributed by atoms with Gasteiger partial charge in [0.25, 0.3) is 11.8 Å². The van der Waals surface area contributed by atoms with Gasteiger partial charge in [-0.3, -0.25) is 9.59 Å². The Balaban J connectivity index is 1.41. The Bertz CT molecular complexity index is 1130. The summed E-state index contributed by atoms with van der Waals surface area (Å²) in [5, 5.41) is 3.66. The molecule has 2 heterocycles. The van der Waals surface area contributed by atoms with Crippen LogP contribution in [0.2, 0.25) is 10.0 Å². The summed E-state index contributed by atoms with van der Waals surface area (Å²) in [7, 11) is 0. The lowest BCUT2D eigenvalue weighted by atomic mass is 9.97. The quantitative estimate of drug-likeness (QED) is 0.541. The minimum absolute atomic E-state index is 0.129. The number of nitrogens with one attached hydrogen (secondary N) is 2. The van der Waals surface area contributed by atoms with Crippen molar-refractivity contribution in [3.63, 3.8) is 0 Å². The monoisotopic (exact) mass is 459 g/mol. The minimum Gasteiger partial charge on any atom is -0.345 e. The molecule has 9 heteroatoms. The van der Waals surface area contributed by atoms with Gasteiger partial charge in [0.05, 0.1) is 28.2 Å². The second-order valence-corrected chi connectivity index (χ2v) is 8.56. The molecule has 7 nitrogen and oxygen atoms in total. The van der Waals surface area contributed by atoms with Gasteiger partial charge in [-0.05, 0) is 61.7 Å². The van der Waals surface area contributed by atoms with Crippen LogP contribution >= 0.6 is 23.2 Å². The Labute approximate surface area is 189 Å². The van der Waals surface area contributed by atoms with Crippen LogP contribution in [0.3, 0.4) is 0 Å². The number of halogens is 2. The number of amides is 2. The molecule has 1 fully saturated rings. The molecule has 31 heavy (non-hydrogen) atoms. The summed E-state index contributed by atoms with van der Waals surface area (Å²) in [5.41, 5.74) is 8.11. The zero-order valence-corrected chi connectivity index (χ0v) is 18.3. The molecule has 0 spiro atoms. The zero-order valence-electron chi connectivity index (χ0n) is 16.8. The fourth-order valence-electron chi connectivity index (χ4n) is 3.82. The number of likely N-dealkylation sites (tertiary alicyclic amines) is 1. The average Bonchev–Trinajstić information content (AvgIpc) is 3.19. The number of rotatable bonds is 5. The van der Waals surface area contributed by atoms with Gasteiger partial charge in [0.2, 0.25) is 0 Å². The van der Waals surface area contributed by atoms with Crippen molar-refractivity contribution < 1.29 is 9.59 Å². The summed E-state index contributed by atoms with van der Waals surface area (Å²) in [5.74, 6) is 0.496. The Hall–Kier alpha value is -2.61. The largest absolute Gasteiger partial charge is 0.345 e. The molecule has 0 bridgehead atoms. The van der Waals surface area contributed by atoms with E-state index in [1.165, 1.54) is 6.07 Å². The Kier molecular flexibility index (Phi) is 6.46. The Morgan fingerprint density at radius 3 is 2.84 bits per heavy atom. The number of nitrogens with two attached hydrogens (primary N) is 1. The molecular formula is C22H23Cl2N5O2. The summed E-state index contributed by atoms with van der Waals surface area (Å²) in [6, 6.07) is 10.1. The van der Waals surface area contributed by atoms with Crippen LogP contribution in [-0.4, -0.2) is 46.3 Å². The molecule has 0 radical (unpaired) electrons. The van der Waals surface area contributed by atoms with E-state index >= 15 is 0 Å². The number of aromatic amines is 1. The first-order chi connectivity index (χ1) is 14.9. The van der Waals surface area contributed by atoms with Crippen LogP contribution in [-0.2, 0) is 6.54 Å². The number of carbonyl (C=O) groups is 2. The van der Waals surface area contributed by atoms with Gasteiger partial charge in [0, 0.05) is 23.7 Å². The molecule has 1 atom stereocenters. The number of carbonyl (C=O) groups excluding carboxylic acids is 2. The van der Waals surface area contributed by atoms with Gasteiger partial charge in [0.1, 0.15) is 5.82 Å². The SMILES string of the molecule is NCC1CCCN(C(=O)c2ccc(C(=O)NCc3nc4cc(Cl)ccc4[nH]3)cc2Cl)C1. The smallest absolute Gasteiger partial charge is 0.255 e. The molecule has 0 saturated carbocycles. The second-order valence-electron chi connectivity index (χ2n) is 7.72. The molecule has 162 valence electrons. The first-order valence-corrected chi connectivity index (χ1v) is 10.9. The molecule has 4 rings (SSSR count). The third-order valence-electron chi connectivity index (χ3n) is 5.51. The number of imidazole rings is 1. The van der Waals surface area contributed by atoms with Crippen molar-refractivity contribution in [3.05, 3.63) is 63.4 Å². The molecule has 4 N–H and O–H groups in total. The predicted octanol–water partition coefficient (Wildman–Crippen LogP) is 3.61. The summed E-state index contributed by atoms with van der Waals surface area (Å²) in [6.45, 7) is 2.11. The van der Waals surface area contributed by atoms with Gasteiger partial charge < -0.3 is 20.9 Å². The molecule has 2 aromatic carbocycles. The van der Waals surface area contributed by atoms with Crippen molar-refractivity contribution in [2.75, 3.05) is 19.6 Å². The highest BCUT2D eigenvalue weighted by molar-refractivity contribution is 6.34. The molecule has 1 aliphatic rings. The maximum absolute atomic E-state index is 12.9. The van der Waals surface area contributed by atoms with Gasteiger partial charge >= 0.3 is 0 Å². The van der Waals surface area contributed by atoms with E-state index in [-0.39, 0.29) is 23.4 Å². The fraction of sp³-hybridized carbons (Fsp3) is 0.318. The number of aromatic nitrogens is 2. The van der Waals surface area contributed by atoms with Gasteiger partial charge in [-0.1, -0.05) is 23.2 Å². The molecule has 3 aromatic rings. The summed E-state index contributed by atoms with van der Waals surface area (Å²) in [4.78, 5) is 34.8. The minimum atomic E-state index is -0.305. The topological polar surface area (TPSA) is 104 Å². The van der Waals surface area contributed by atoms with Crippen LogP contribution in [0, 0.1) is 5.92 Å². The van der Waals surface area contributed by atoms with Crippen LogP contribution < -0.4 is 11.1 Å². The maximum Gasteiger partial charge on any atom is 0.255 e. The van der Waals surface area contributed by atoms with Crippen LogP contribution in [0.5, 0.6) is 0 Å². The van der Waals surface area contributed by atoms with E-state index in [4.69, 9.17) is 28.9 Å². The number of benzene rings is 2. The van der Waals surface area contributed by atoms with E-state index in [2.05, 4.69) is 15.3 Å². The standard InChI is InChI=1S/C22H23Cl2N5O2/c23-15-4-6-18-19(9-15)28-20(27-18)11-26-21(30)14-3-5-16(17(24)8-14)22(31)29-7-1-2-13(10-25)12-29/h3-6,8-9,13H,1-2,7,10-12,25H2,(H,26,30)(H,27,28). The molecule has 1 saturated heterocycles. The van der Waals surface area contributed by atoms with Crippen molar-refractivity contribution in [2.24, 2.45) is 11.7 Å². The average molecular weight is 460 g/mol. The number of fused-ring (bicyclic) bond motifs is 1. The molecule has 1 aromatic heterocycles. The normalized spacial score (nSPS) is 16.5. The molecule has 1 unspecified atom stereocenters. The van der Waals surface area contributed by atoms with Crippen molar-refractivity contribution >= 4 is 46.0 Å². The van der Waals surface area contributed by atoms with Crippen LogP contribution in [0.25, 0.3) is 11.0 Å². The number of hydrogen-bond acceptors (Lipinski definition) is 4. The molecule has 0 aliphatic carbocycles. The van der Waals surface area contributed by atoms with Gasteiger partial charge in [-0.15, -0.1) is 0 Å². The van der Waals surface area contributed by atoms with Gasteiger partial charge in [0.15, 0.2) is 0 Å². The van der Waals surface area contributed by atoms with Crippen molar-refractivity contribution in [1.29, 1.82) is 0 Å². The fourth-order valence-corrected chi connectivity index (χ4v) is 4.25. The first-order valence-electron chi connectivity index (χ1n) is 10.2. The number of H-pyrrole nitrogens is 1. The number of piperidine rings is 1. The Morgan fingerprint density at radius 2 is 2.06 bits per heavy atom. The highest BCUT2D eigenvalue weighted by Crippen LogP contribution is 2.23. The van der Waals surface area contributed by atoms with Crippen molar-refractivity contribution in [3.8, 4) is 0 Å². The first kappa shape index (κ1) is 21.6. The van der Waals surface area contributed by atoms with Crippen LogP contribution in [0.15, 0.2) is 36.4 Å². The third kappa shape index (κ3) is 4.84. The number of nitrogens with zero attached hydrogens (tertiary/aromatic N) is 2. The highest BCUT2D eigenvalue weighted by Gasteiger charge is 2.25. The lowest BCUT2D eigenvalue weighted by molar-refractivity contribution is 0.0678.